The van der Waals surface area contributed by atoms with Gasteiger partial charge in [-0.15, -0.1) is 0 Å². The first-order valence-electron chi connectivity index (χ1n) is 5.06. The number of hydrogen-bond acceptors (Lipinski definition) is 5. The standard InChI is InChI=1S/C9H12Cl2N4O/c1-5(6-2-3-16-4-6)12-9-14-7(10)13-8(11)15-9/h5-6H,2-4H2,1H3,(H,12,13,14,15). The Balaban J connectivity index is 2.02. The lowest BCUT2D eigenvalue weighted by Gasteiger charge is -2.18. The molecule has 0 radical (unpaired) electrons. The molecule has 0 saturated carbocycles. The molecule has 1 aromatic rings. The van der Waals surface area contributed by atoms with Gasteiger partial charge in [0.2, 0.25) is 16.5 Å². The smallest absolute Gasteiger partial charge is 0.228 e. The molecule has 2 rings (SSSR count). The first-order valence-corrected chi connectivity index (χ1v) is 5.82. The van der Waals surface area contributed by atoms with Crippen molar-refractivity contribution in [2.75, 3.05) is 18.5 Å². The van der Waals surface area contributed by atoms with E-state index in [2.05, 4.69) is 27.2 Å². The van der Waals surface area contributed by atoms with Crippen molar-refractivity contribution in [1.29, 1.82) is 0 Å². The summed E-state index contributed by atoms with van der Waals surface area (Å²) in [6, 6.07) is 0.219. The van der Waals surface area contributed by atoms with Gasteiger partial charge in [-0.3, -0.25) is 0 Å². The predicted octanol–water partition coefficient (Wildman–Crippen LogP) is 2.02. The van der Waals surface area contributed by atoms with Crippen molar-refractivity contribution in [3.05, 3.63) is 10.6 Å². The number of ether oxygens (including phenoxy) is 1. The average Bonchev–Trinajstić information content (AvgIpc) is 2.68. The van der Waals surface area contributed by atoms with Crippen molar-refractivity contribution in [3.8, 4) is 0 Å². The fourth-order valence-corrected chi connectivity index (χ4v) is 2.02. The molecule has 1 aromatic heterocycles. The fourth-order valence-electron chi connectivity index (χ4n) is 1.66. The molecule has 5 nitrogen and oxygen atoms in total. The molecule has 88 valence electrons. The van der Waals surface area contributed by atoms with Gasteiger partial charge in [0.25, 0.3) is 0 Å². The number of rotatable bonds is 3. The van der Waals surface area contributed by atoms with E-state index in [9.17, 15) is 0 Å². The molecule has 16 heavy (non-hydrogen) atoms. The summed E-state index contributed by atoms with van der Waals surface area (Å²) in [4.78, 5) is 11.6. The minimum Gasteiger partial charge on any atom is -0.381 e. The zero-order chi connectivity index (χ0) is 11.5. The van der Waals surface area contributed by atoms with Gasteiger partial charge < -0.3 is 10.1 Å². The number of nitrogens with zero attached hydrogens (tertiary/aromatic N) is 3. The molecule has 7 heteroatoms. The molecule has 1 aliphatic heterocycles. The first-order chi connectivity index (χ1) is 7.65. The maximum atomic E-state index is 5.68. The van der Waals surface area contributed by atoms with Crippen LogP contribution >= 0.6 is 23.2 Å². The van der Waals surface area contributed by atoms with Crippen LogP contribution in [0.2, 0.25) is 10.6 Å². The van der Waals surface area contributed by atoms with Crippen LogP contribution in [0.15, 0.2) is 0 Å². The molecule has 0 bridgehead atoms. The Kier molecular flexibility index (Phi) is 3.78. The van der Waals surface area contributed by atoms with Gasteiger partial charge in [0.05, 0.1) is 6.61 Å². The third-order valence-corrected chi connectivity index (χ3v) is 2.95. The summed E-state index contributed by atoms with van der Waals surface area (Å²) in [5.74, 6) is 0.874. The van der Waals surface area contributed by atoms with Gasteiger partial charge in [-0.05, 0) is 36.5 Å². The van der Waals surface area contributed by atoms with Gasteiger partial charge in [0.15, 0.2) is 0 Å². The van der Waals surface area contributed by atoms with Crippen LogP contribution in [0.5, 0.6) is 0 Å². The molecule has 0 aliphatic carbocycles. The predicted molar refractivity (Wildman–Crippen MR) is 61.9 cm³/mol. The highest BCUT2D eigenvalue weighted by Crippen LogP contribution is 2.19. The van der Waals surface area contributed by atoms with E-state index in [4.69, 9.17) is 27.9 Å². The number of anilines is 1. The number of aromatic nitrogens is 3. The number of halogens is 2. The average molecular weight is 263 g/mol. The minimum atomic E-state index is 0.0948. The summed E-state index contributed by atoms with van der Waals surface area (Å²) >= 11 is 11.4. The van der Waals surface area contributed by atoms with E-state index in [1.807, 2.05) is 0 Å². The Labute approximate surface area is 104 Å². The zero-order valence-corrected chi connectivity index (χ0v) is 10.3. The first kappa shape index (κ1) is 11.8. The molecular weight excluding hydrogens is 251 g/mol. The van der Waals surface area contributed by atoms with Gasteiger partial charge in [-0.2, -0.15) is 15.0 Å². The molecule has 1 N–H and O–H groups in total. The Hall–Kier alpha value is -0.650. The van der Waals surface area contributed by atoms with Crippen LogP contribution < -0.4 is 5.32 Å². The van der Waals surface area contributed by atoms with Crippen molar-refractivity contribution in [1.82, 2.24) is 15.0 Å². The zero-order valence-electron chi connectivity index (χ0n) is 8.78. The number of hydrogen-bond donors (Lipinski definition) is 1. The summed E-state index contributed by atoms with van der Waals surface area (Å²) in [7, 11) is 0. The lowest BCUT2D eigenvalue weighted by Crippen LogP contribution is -2.27. The van der Waals surface area contributed by atoms with Crippen LogP contribution in [0, 0.1) is 5.92 Å². The minimum absolute atomic E-state index is 0.0948. The van der Waals surface area contributed by atoms with E-state index < -0.39 is 0 Å². The molecule has 1 saturated heterocycles. The van der Waals surface area contributed by atoms with Crippen LogP contribution in [0.1, 0.15) is 13.3 Å². The van der Waals surface area contributed by atoms with Gasteiger partial charge in [0, 0.05) is 18.6 Å². The third-order valence-electron chi connectivity index (χ3n) is 2.61. The fraction of sp³-hybridized carbons (Fsp3) is 0.667. The van der Waals surface area contributed by atoms with E-state index in [0.717, 1.165) is 19.6 Å². The topological polar surface area (TPSA) is 59.9 Å². The Morgan fingerprint density at radius 2 is 2.00 bits per heavy atom. The second kappa shape index (κ2) is 5.12. The molecule has 1 fully saturated rings. The van der Waals surface area contributed by atoms with Crippen LogP contribution in [-0.2, 0) is 4.74 Å². The van der Waals surface area contributed by atoms with E-state index in [-0.39, 0.29) is 16.6 Å². The third kappa shape index (κ3) is 2.93. The highest BCUT2D eigenvalue weighted by Gasteiger charge is 2.22. The molecule has 1 aliphatic rings. The van der Waals surface area contributed by atoms with Gasteiger partial charge in [-0.1, -0.05) is 0 Å². The van der Waals surface area contributed by atoms with Gasteiger partial charge in [0.1, 0.15) is 0 Å². The summed E-state index contributed by atoms with van der Waals surface area (Å²) < 4.78 is 5.32. The second-order valence-corrected chi connectivity index (χ2v) is 4.43. The summed E-state index contributed by atoms with van der Waals surface area (Å²) in [5.41, 5.74) is 0. The highest BCUT2D eigenvalue weighted by molar-refractivity contribution is 6.31. The largest absolute Gasteiger partial charge is 0.381 e. The number of nitrogens with one attached hydrogen (secondary N) is 1. The maximum Gasteiger partial charge on any atom is 0.228 e. The van der Waals surface area contributed by atoms with E-state index in [0.29, 0.717) is 11.9 Å². The second-order valence-electron chi connectivity index (χ2n) is 3.75. The van der Waals surface area contributed by atoms with Crippen LogP contribution in [0.3, 0.4) is 0 Å². The molecule has 2 heterocycles. The van der Waals surface area contributed by atoms with Crippen LogP contribution in [-0.4, -0.2) is 34.2 Å². The summed E-state index contributed by atoms with van der Waals surface area (Å²) in [6.45, 7) is 3.64. The Morgan fingerprint density at radius 3 is 2.56 bits per heavy atom. The van der Waals surface area contributed by atoms with E-state index in [1.165, 1.54) is 0 Å². The van der Waals surface area contributed by atoms with Gasteiger partial charge >= 0.3 is 0 Å². The molecular formula is C9H12Cl2N4O. The lowest BCUT2D eigenvalue weighted by molar-refractivity contribution is 0.183. The Morgan fingerprint density at radius 1 is 1.31 bits per heavy atom. The molecule has 0 spiro atoms. The van der Waals surface area contributed by atoms with Crippen molar-refractivity contribution in [2.24, 2.45) is 5.92 Å². The molecule has 0 aromatic carbocycles. The van der Waals surface area contributed by atoms with Gasteiger partial charge in [-0.25, -0.2) is 0 Å². The Bertz CT molecular complexity index is 350. The molecule has 2 unspecified atom stereocenters. The van der Waals surface area contributed by atoms with Crippen molar-refractivity contribution >= 4 is 29.2 Å². The van der Waals surface area contributed by atoms with E-state index >= 15 is 0 Å². The summed E-state index contributed by atoms with van der Waals surface area (Å²) in [5, 5.41) is 3.34. The van der Waals surface area contributed by atoms with Crippen LogP contribution in [0.4, 0.5) is 5.95 Å². The summed E-state index contributed by atoms with van der Waals surface area (Å²) in [6.07, 6.45) is 1.04. The molecule has 2 atom stereocenters. The quantitative estimate of drug-likeness (QED) is 0.903. The lowest BCUT2D eigenvalue weighted by atomic mass is 10.0. The normalized spacial score (nSPS) is 22.1. The van der Waals surface area contributed by atoms with E-state index in [1.54, 1.807) is 0 Å². The van der Waals surface area contributed by atoms with Crippen LogP contribution in [0.25, 0.3) is 0 Å². The maximum absolute atomic E-state index is 5.68. The monoisotopic (exact) mass is 262 g/mol. The van der Waals surface area contributed by atoms with Crippen molar-refractivity contribution in [3.63, 3.8) is 0 Å². The molecule has 0 amide bonds. The van der Waals surface area contributed by atoms with Crippen molar-refractivity contribution < 1.29 is 4.74 Å². The highest BCUT2D eigenvalue weighted by atomic mass is 35.5. The SMILES string of the molecule is CC(Nc1nc(Cl)nc(Cl)n1)C1CCOC1. The van der Waals surface area contributed by atoms with Crippen molar-refractivity contribution in [2.45, 2.75) is 19.4 Å².